The molecule has 108 valence electrons. The molecular weight excluding hydrogens is 266 g/mol. The summed E-state index contributed by atoms with van der Waals surface area (Å²) >= 11 is 0. The summed E-state index contributed by atoms with van der Waals surface area (Å²) in [4.78, 5) is 8.46. The molecule has 0 fully saturated rings. The molecule has 0 aliphatic rings. The van der Waals surface area contributed by atoms with E-state index in [-0.39, 0.29) is 0 Å². The molecule has 0 aliphatic heterocycles. The second-order valence-electron chi connectivity index (χ2n) is 4.93. The fourth-order valence-electron chi connectivity index (χ4n) is 2.02. The van der Waals surface area contributed by atoms with Crippen LogP contribution in [0.5, 0.6) is 0 Å². The normalized spacial score (nSPS) is 12.5. The van der Waals surface area contributed by atoms with Crippen molar-refractivity contribution in [3.05, 3.63) is 48.8 Å². The van der Waals surface area contributed by atoms with Gasteiger partial charge in [0.15, 0.2) is 5.82 Å². The molecular formula is C15H17N5O. The molecule has 3 rings (SSSR count). The van der Waals surface area contributed by atoms with Crippen LogP contribution in [0.3, 0.4) is 0 Å². The largest absolute Gasteiger partial charge is 0.334 e. The summed E-state index contributed by atoms with van der Waals surface area (Å²) in [5.41, 5.74) is 1.95. The Labute approximate surface area is 122 Å². The van der Waals surface area contributed by atoms with Crippen LogP contribution in [0.2, 0.25) is 0 Å². The molecule has 1 N–H and O–H groups in total. The van der Waals surface area contributed by atoms with E-state index in [1.807, 2.05) is 42.1 Å². The van der Waals surface area contributed by atoms with Crippen LogP contribution in [0.4, 0.5) is 0 Å². The van der Waals surface area contributed by atoms with E-state index in [0.29, 0.717) is 17.8 Å². The fourth-order valence-corrected chi connectivity index (χ4v) is 2.02. The number of benzene rings is 1. The Morgan fingerprint density at radius 2 is 2.10 bits per heavy atom. The molecule has 1 unspecified atom stereocenters. The molecule has 21 heavy (non-hydrogen) atoms. The van der Waals surface area contributed by atoms with Crippen molar-refractivity contribution in [1.82, 2.24) is 25.0 Å². The molecule has 6 nitrogen and oxygen atoms in total. The molecule has 1 atom stereocenters. The number of hydrogen-bond acceptors (Lipinski definition) is 5. The van der Waals surface area contributed by atoms with E-state index in [1.54, 1.807) is 12.5 Å². The van der Waals surface area contributed by atoms with E-state index in [2.05, 4.69) is 27.4 Å². The van der Waals surface area contributed by atoms with Gasteiger partial charge < -0.3 is 14.4 Å². The first-order valence-electron chi connectivity index (χ1n) is 6.85. The number of aromatic nitrogens is 4. The van der Waals surface area contributed by atoms with Crippen LogP contribution in [-0.2, 0) is 6.42 Å². The maximum Gasteiger partial charge on any atom is 0.257 e. The lowest BCUT2D eigenvalue weighted by molar-refractivity contribution is 0.418. The zero-order valence-corrected chi connectivity index (χ0v) is 12.0. The number of nitrogens with zero attached hydrogens (tertiary/aromatic N) is 4. The maximum absolute atomic E-state index is 5.32. The van der Waals surface area contributed by atoms with Crippen molar-refractivity contribution in [1.29, 1.82) is 0 Å². The minimum Gasteiger partial charge on any atom is -0.334 e. The number of likely N-dealkylation sites (N-methyl/N-ethyl adjacent to an activating group) is 1. The van der Waals surface area contributed by atoms with Crippen molar-refractivity contribution in [2.24, 2.45) is 0 Å². The molecule has 0 saturated heterocycles. The van der Waals surface area contributed by atoms with Gasteiger partial charge in [0.05, 0.1) is 6.33 Å². The molecule has 0 spiro atoms. The Kier molecular flexibility index (Phi) is 3.79. The minimum atomic E-state index is 0.319. The van der Waals surface area contributed by atoms with Crippen LogP contribution in [0.1, 0.15) is 12.7 Å². The minimum absolute atomic E-state index is 0.319. The summed E-state index contributed by atoms with van der Waals surface area (Å²) < 4.78 is 7.26. The zero-order valence-electron chi connectivity index (χ0n) is 12.0. The SMILES string of the molecule is CNC(C)Cc1noc(-c2ccc(-n3ccnc3)cc2)n1. The molecule has 6 heteroatoms. The Morgan fingerprint density at radius 3 is 2.76 bits per heavy atom. The Hall–Kier alpha value is -2.47. The Bertz CT molecular complexity index is 687. The fraction of sp³-hybridized carbons (Fsp3) is 0.267. The lowest BCUT2D eigenvalue weighted by atomic mass is 10.2. The van der Waals surface area contributed by atoms with Crippen LogP contribution in [0, 0.1) is 0 Å². The summed E-state index contributed by atoms with van der Waals surface area (Å²) in [6, 6.07) is 8.25. The quantitative estimate of drug-likeness (QED) is 0.776. The summed E-state index contributed by atoms with van der Waals surface area (Å²) in [5.74, 6) is 1.26. The van der Waals surface area contributed by atoms with Crippen LogP contribution in [0.15, 0.2) is 47.5 Å². The Balaban J connectivity index is 1.78. The molecule has 1 aromatic carbocycles. The smallest absolute Gasteiger partial charge is 0.257 e. The predicted molar refractivity (Wildman–Crippen MR) is 79.1 cm³/mol. The average molecular weight is 283 g/mol. The second kappa shape index (κ2) is 5.88. The van der Waals surface area contributed by atoms with Crippen LogP contribution in [-0.4, -0.2) is 32.8 Å². The molecule has 2 aromatic heterocycles. The zero-order chi connectivity index (χ0) is 14.7. The number of hydrogen-bond donors (Lipinski definition) is 1. The van der Waals surface area contributed by atoms with Gasteiger partial charge in [0.25, 0.3) is 5.89 Å². The van der Waals surface area contributed by atoms with Gasteiger partial charge in [0.1, 0.15) is 0 Å². The Morgan fingerprint density at radius 1 is 1.29 bits per heavy atom. The van der Waals surface area contributed by atoms with Crippen LogP contribution in [0.25, 0.3) is 17.1 Å². The lowest BCUT2D eigenvalue weighted by Crippen LogP contribution is -2.24. The summed E-state index contributed by atoms with van der Waals surface area (Å²) in [6.45, 7) is 2.08. The molecule has 0 bridgehead atoms. The topological polar surface area (TPSA) is 68.8 Å². The van der Waals surface area contributed by atoms with Crippen molar-refractivity contribution < 1.29 is 4.52 Å². The predicted octanol–water partition coefficient (Wildman–Crippen LogP) is 2.07. The lowest BCUT2D eigenvalue weighted by Gasteiger charge is -2.04. The highest BCUT2D eigenvalue weighted by Crippen LogP contribution is 2.19. The van der Waals surface area contributed by atoms with Gasteiger partial charge in [-0.15, -0.1) is 0 Å². The van der Waals surface area contributed by atoms with Crippen molar-refractivity contribution in [2.75, 3.05) is 7.05 Å². The molecule has 0 radical (unpaired) electrons. The summed E-state index contributed by atoms with van der Waals surface area (Å²) in [6.07, 6.45) is 6.16. The van der Waals surface area contributed by atoms with E-state index >= 15 is 0 Å². The monoisotopic (exact) mass is 283 g/mol. The van der Waals surface area contributed by atoms with E-state index < -0.39 is 0 Å². The first-order valence-corrected chi connectivity index (χ1v) is 6.85. The summed E-state index contributed by atoms with van der Waals surface area (Å²) in [5, 5.41) is 7.17. The third-order valence-corrected chi connectivity index (χ3v) is 3.37. The highest BCUT2D eigenvalue weighted by Gasteiger charge is 2.11. The van der Waals surface area contributed by atoms with Gasteiger partial charge in [0, 0.05) is 36.1 Å². The third kappa shape index (κ3) is 3.00. The number of nitrogens with one attached hydrogen (secondary N) is 1. The first kappa shape index (κ1) is 13.5. The standard InChI is InChI=1S/C15H17N5O/c1-11(16-2)9-14-18-15(21-19-14)12-3-5-13(6-4-12)20-8-7-17-10-20/h3-8,10-11,16H,9H2,1-2H3. The van der Waals surface area contributed by atoms with Gasteiger partial charge in [-0.25, -0.2) is 4.98 Å². The number of imidazole rings is 1. The first-order chi connectivity index (χ1) is 10.3. The van der Waals surface area contributed by atoms with Gasteiger partial charge in [0.2, 0.25) is 0 Å². The highest BCUT2D eigenvalue weighted by atomic mass is 16.5. The molecule has 3 aromatic rings. The van der Waals surface area contributed by atoms with Crippen LogP contribution >= 0.6 is 0 Å². The van der Waals surface area contributed by atoms with E-state index in [1.165, 1.54) is 0 Å². The molecule has 0 saturated carbocycles. The van der Waals surface area contributed by atoms with Gasteiger partial charge in [-0.3, -0.25) is 0 Å². The molecule has 0 amide bonds. The van der Waals surface area contributed by atoms with E-state index in [4.69, 9.17) is 4.52 Å². The van der Waals surface area contributed by atoms with E-state index in [9.17, 15) is 0 Å². The van der Waals surface area contributed by atoms with Crippen molar-refractivity contribution in [2.45, 2.75) is 19.4 Å². The second-order valence-corrected chi connectivity index (χ2v) is 4.93. The van der Waals surface area contributed by atoms with E-state index in [0.717, 1.165) is 17.7 Å². The number of rotatable bonds is 5. The van der Waals surface area contributed by atoms with Gasteiger partial charge >= 0.3 is 0 Å². The van der Waals surface area contributed by atoms with Gasteiger partial charge in [-0.1, -0.05) is 5.16 Å². The van der Waals surface area contributed by atoms with Gasteiger partial charge in [-0.2, -0.15) is 4.98 Å². The van der Waals surface area contributed by atoms with Crippen molar-refractivity contribution >= 4 is 0 Å². The molecule has 2 heterocycles. The van der Waals surface area contributed by atoms with Crippen LogP contribution < -0.4 is 5.32 Å². The molecule has 0 aliphatic carbocycles. The van der Waals surface area contributed by atoms with Crippen molar-refractivity contribution in [3.63, 3.8) is 0 Å². The highest BCUT2D eigenvalue weighted by molar-refractivity contribution is 5.55. The van der Waals surface area contributed by atoms with Gasteiger partial charge in [-0.05, 0) is 38.2 Å². The van der Waals surface area contributed by atoms with Crippen molar-refractivity contribution in [3.8, 4) is 17.1 Å². The third-order valence-electron chi connectivity index (χ3n) is 3.37. The maximum atomic E-state index is 5.32. The summed E-state index contributed by atoms with van der Waals surface area (Å²) in [7, 11) is 1.92. The average Bonchev–Trinajstić information content (AvgIpc) is 3.19.